The van der Waals surface area contributed by atoms with E-state index in [-0.39, 0.29) is 17.1 Å². The fraction of sp³-hybridized carbons (Fsp3) is 0.133. The molecule has 1 atom stereocenters. The monoisotopic (exact) mass is 371 g/mol. The van der Waals surface area contributed by atoms with Gasteiger partial charge in [-0.1, -0.05) is 17.7 Å². The Morgan fingerprint density at radius 1 is 1.08 bits per heavy atom. The van der Waals surface area contributed by atoms with Crippen molar-refractivity contribution >= 4 is 27.6 Å². The number of carboxylic acid groups (broad SMARTS) is 1. The van der Waals surface area contributed by atoms with Gasteiger partial charge in [0.2, 0.25) is 10.0 Å². The molecule has 0 bridgehead atoms. The Bertz CT molecular complexity index is 851. The molecule has 0 heterocycles. The minimum Gasteiger partial charge on any atom is -0.504 e. The van der Waals surface area contributed by atoms with Crippen LogP contribution in [0.2, 0.25) is 5.02 Å². The SMILES string of the molecule is O=C(O)[C@H](Cc1ccc(O)c(O)c1)NS(=O)(=O)c1ccc(Cl)cc1. The highest BCUT2D eigenvalue weighted by molar-refractivity contribution is 7.89. The van der Waals surface area contributed by atoms with Crippen LogP contribution in [0, 0.1) is 0 Å². The molecule has 24 heavy (non-hydrogen) atoms. The van der Waals surface area contributed by atoms with E-state index >= 15 is 0 Å². The van der Waals surface area contributed by atoms with Crippen molar-refractivity contribution in [2.75, 3.05) is 0 Å². The van der Waals surface area contributed by atoms with Crippen molar-refractivity contribution in [1.82, 2.24) is 4.72 Å². The molecule has 0 saturated carbocycles. The maximum absolute atomic E-state index is 12.3. The molecule has 2 aromatic rings. The van der Waals surface area contributed by atoms with Gasteiger partial charge in [0.15, 0.2) is 11.5 Å². The Morgan fingerprint density at radius 2 is 1.71 bits per heavy atom. The maximum Gasteiger partial charge on any atom is 0.322 e. The third-order valence-electron chi connectivity index (χ3n) is 3.20. The summed E-state index contributed by atoms with van der Waals surface area (Å²) in [6.07, 6.45) is -0.212. The van der Waals surface area contributed by atoms with Crippen LogP contribution in [-0.2, 0) is 21.2 Å². The normalized spacial score (nSPS) is 12.7. The van der Waals surface area contributed by atoms with Gasteiger partial charge in [-0.25, -0.2) is 8.42 Å². The summed E-state index contributed by atoms with van der Waals surface area (Å²) in [5.41, 5.74) is 0.344. The van der Waals surface area contributed by atoms with Crippen LogP contribution in [0.25, 0.3) is 0 Å². The van der Waals surface area contributed by atoms with Gasteiger partial charge in [-0.05, 0) is 48.4 Å². The summed E-state index contributed by atoms with van der Waals surface area (Å²) in [6, 6.07) is 7.58. The summed E-state index contributed by atoms with van der Waals surface area (Å²) in [6.45, 7) is 0. The second-order valence-electron chi connectivity index (χ2n) is 4.99. The molecule has 0 spiro atoms. The first-order valence-corrected chi connectivity index (χ1v) is 8.57. The number of carbonyl (C=O) groups is 1. The molecule has 9 heteroatoms. The molecule has 0 aromatic heterocycles. The molecule has 2 rings (SSSR count). The van der Waals surface area contributed by atoms with Crippen molar-refractivity contribution in [3.63, 3.8) is 0 Å². The van der Waals surface area contributed by atoms with E-state index in [0.29, 0.717) is 10.6 Å². The first kappa shape index (κ1) is 18.1. The van der Waals surface area contributed by atoms with Gasteiger partial charge in [0.25, 0.3) is 0 Å². The third kappa shape index (κ3) is 4.38. The number of benzene rings is 2. The van der Waals surface area contributed by atoms with E-state index in [1.54, 1.807) is 0 Å². The number of rotatable bonds is 6. The van der Waals surface area contributed by atoms with E-state index in [0.717, 1.165) is 0 Å². The molecule has 0 saturated heterocycles. The number of sulfonamides is 1. The number of aliphatic carboxylic acids is 1. The number of phenolic OH excluding ortho intramolecular Hbond substituents is 2. The van der Waals surface area contributed by atoms with Crippen molar-refractivity contribution in [2.24, 2.45) is 0 Å². The quantitative estimate of drug-likeness (QED) is 0.573. The fourth-order valence-corrected chi connectivity index (χ4v) is 3.30. The molecule has 0 unspecified atom stereocenters. The zero-order valence-corrected chi connectivity index (χ0v) is 13.8. The zero-order chi connectivity index (χ0) is 17.9. The van der Waals surface area contributed by atoms with Crippen LogP contribution in [0.4, 0.5) is 0 Å². The van der Waals surface area contributed by atoms with E-state index in [4.69, 9.17) is 11.6 Å². The van der Waals surface area contributed by atoms with Gasteiger partial charge >= 0.3 is 5.97 Å². The van der Waals surface area contributed by atoms with E-state index < -0.39 is 27.8 Å². The van der Waals surface area contributed by atoms with E-state index in [1.165, 1.54) is 42.5 Å². The number of hydrogen-bond donors (Lipinski definition) is 4. The molecule has 0 radical (unpaired) electrons. The lowest BCUT2D eigenvalue weighted by molar-refractivity contribution is -0.138. The molecule has 2 aromatic carbocycles. The van der Waals surface area contributed by atoms with Crippen molar-refractivity contribution < 1.29 is 28.5 Å². The summed E-state index contributed by atoms with van der Waals surface area (Å²) < 4.78 is 26.6. The van der Waals surface area contributed by atoms with Gasteiger partial charge in [-0.3, -0.25) is 4.79 Å². The average molecular weight is 372 g/mol. The lowest BCUT2D eigenvalue weighted by Gasteiger charge is -2.15. The van der Waals surface area contributed by atoms with Gasteiger partial charge in [0.05, 0.1) is 4.90 Å². The standard InChI is InChI=1S/C15H14ClNO6S/c16-10-2-4-11(5-3-10)24(22,23)17-12(15(20)21)7-9-1-6-13(18)14(19)8-9/h1-6,8,12,17-19H,7H2,(H,20,21)/t12-/m0/s1. The van der Waals surface area contributed by atoms with E-state index in [9.17, 15) is 28.5 Å². The number of hydrogen-bond acceptors (Lipinski definition) is 5. The van der Waals surface area contributed by atoms with Crippen molar-refractivity contribution in [3.05, 3.63) is 53.1 Å². The first-order chi connectivity index (χ1) is 11.2. The number of carboxylic acids is 1. The molecule has 0 fully saturated rings. The number of phenols is 2. The number of nitrogens with one attached hydrogen (secondary N) is 1. The van der Waals surface area contributed by atoms with Gasteiger partial charge < -0.3 is 15.3 Å². The summed E-state index contributed by atoms with van der Waals surface area (Å²) in [4.78, 5) is 11.2. The minimum absolute atomic E-state index is 0.119. The Kier molecular flexibility index (Phi) is 5.33. The molecule has 0 aliphatic carbocycles. The van der Waals surface area contributed by atoms with Crippen LogP contribution >= 0.6 is 11.6 Å². The Hall–Kier alpha value is -2.29. The third-order valence-corrected chi connectivity index (χ3v) is 4.94. The zero-order valence-electron chi connectivity index (χ0n) is 12.2. The Balaban J connectivity index is 2.23. The molecule has 7 nitrogen and oxygen atoms in total. The summed E-state index contributed by atoms with van der Waals surface area (Å²) in [5, 5.41) is 28.3. The van der Waals surface area contributed by atoms with E-state index in [2.05, 4.69) is 4.72 Å². The molecule has 4 N–H and O–H groups in total. The van der Waals surface area contributed by atoms with Crippen molar-refractivity contribution in [3.8, 4) is 11.5 Å². The highest BCUT2D eigenvalue weighted by Crippen LogP contribution is 2.25. The van der Waals surface area contributed by atoms with E-state index in [1.807, 2.05) is 0 Å². The van der Waals surface area contributed by atoms with Gasteiger partial charge in [-0.2, -0.15) is 4.72 Å². The predicted molar refractivity (Wildman–Crippen MR) is 86.7 cm³/mol. The second kappa shape index (κ2) is 7.08. The highest BCUT2D eigenvalue weighted by Gasteiger charge is 2.26. The Labute approximate surface area is 143 Å². The van der Waals surface area contributed by atoms with Crippen LogP contribution in [0.1, 0.15) is 5.56 Å². The Morgan fingerprint density at radius 3 is 2.25 bits per heavy atom. The number of halogens is 1. The van der Waals surface area contributed by atoms with Crippen LogP contribution in [0.15, 0.2) is 47.4 Å². The molecular weight excluding hydrogens is 358 g/mol. The predicted octanol–water partition coefficient (Wildman–Crippen LogP) is 1.73. The van der Waals surface area contributed by atoms with Crippen LogP contribution < -0.4 is 4.72 Å². The second-order valence-corrected chi connectivity index (χ2v) is 7.14. The van der Waals surface area contributed by atoms with Crippen LogP contribution in [-0.4, -0.2) is 35.7 Å². The topological polar surface area (TPSA) is 124 Å². The lowest BCUT2D eigenvalue weighted by Crippen LogP contribution is -2.42. The molecule has 0 aliphatic heterocycles. The molecule has 0 aliphatic rings. The summed E-state index contributed by atoms with van der Waals surface area (Å²) in [7, 11) is -4.06. The fourth-order valence-electron chi connectivity index (χ4n) is 1.98. The molecule has 0 amide bonds. The van der Waals surface area contributed by atoms with Gasteiger partial charge in [0.1, 0.15) is 6.04 Å². The minimum atomic E-state index is -4.06. The van der Waals surface area contributed by atoms with Gasteiger partial charge in [0, 0.05) is 5.02 Å². The smallest absolute Gasteiger partial charge is 0.322 e. The highest BCUT2D eigenvalue weighted by atomic mass is 35.5. The van der Waals surface area contributed by atoms with Crippen molar-refractivity contribution in [2.45, 2.75) is 17.4 Å². The average Bonchev–Trinajstić information content (AvgIpc) is 2.50. The lowest BCUT2D eigenvalue weighted by atomic mass is 10.1. The summed E-state index contributed by atoms with van der Waals surface area (Å²) >= 11 is 5.70. The van der Waals surface area contributed by atoms with Gasteiger partial charge in [-0.15, -0.1) is 0 Å². The summed E-state index contributed by atoms with van der Waals surface area (Å²) in [5.74, 6) is -2.15. The maximum atomic E-state index is 12.3. The largest absolute Gasteiger partial charge is 0.504 e. The molecule has 128 valence electrons. The first-order valence-electron chi connectivity index (χ1n) is 6.70. The van der Waals surface area contributed by atoms with Crippen LogP contribution in [0.3, 0.4) is 0 Å². The van der Waals surface area contributed by atoms with Crippen molar-refractivity contribution in [1.29, 1.82) is 0 Å². The number of aromatic hydroxyl groups is 2. The molecular formula is C15H14ClNO6S. The van der Waals surface area contributed by atoms with Crippen LogP contribution in [0.5, 0.6) is 11.5 Å².